The predicted molar refractivity (Wildman–Crippen MR) is 59.0 cm³/mol. The van der Waals surface area contributed by atoms with Crippen molar-refractivity contribution in [1.29, 1.82) is 0 Å². The summed E-state index contributed by atoms with van der Waals surface area (Å²) in [5.74, 6) is 0.459. The van der Waals surface area contributed by atoms with E-state index in [-0.39, 0.29) is 0 Å². The molecule has 0 saturated heterocycles. The van der Waals surface area contributed by atoms with Gasteiger partial charge in [0, 0.05) is 26.4 Å². The molecule has 1 heterocycles. The van der Waals surface area contributed by atoms with E-state index in [0.29, 0.717) is 17.3 Å². The first-order valence-corrected chi connectivity index (χ1v) is 4.40. The van der Waals surface area contributed by atoms with E-state index in [0.717, 1.165) is 0 Å². The normalized spacial score (nSPS) is 10.3. The maximum atomic E-state index is 10.5. The fourth-order valence-corrected chi connectivity index (χ4v) is 0.982. The molecule has 0 aromatic carbocycles. The molecule has 15 heavy (non-hydrogen) atoms. The Morgan fingerprint density at radius 2 is 2.20 bits per heavy atom. The van der Waals surface area contributed by atoms with Crippen LogP contribution in [0.5, 0.6) is 5.88 Å². The highest BCUT2D eigenvalue weighted by Gasteiger charge is 2.03. The molecule has 0 atom stereocenters. The Hall–Kier alpha value is -1.91. The molecule has 0 aliphatic rings. The third kappa shape index (κ3) is 3.05. The highest BCUT2D eigenvalue weighted by molar-refractivity contribution is 5.60. The van der Waals surface area contributed by atoms with Crippen LogP contribution in [0.15, 0.2) is 23.5 Å². The number of pyridine rings is 1. The molecular formula is C10H13N3O2. The van der Waals surface area contributed by atoms with Gasteiger partial charge in [0.2, 0.25) is 5.88 Å². The average Bonchev–Trinajstić information content (AvgIpc) is 2.25. The molecule has 0 fully saturated rings. The van der Waals surface area contributed by atoms with Crippen molar-refractivity contribution >= 4 is 11.8 Å². The minimum atomic E-state index is 0.300. The second-order valence-electron chi connectivity index (χ2n) is 3.13. The lowest BCUT2D eigenvalue weighted by Crippen LogP contribution is -2.00. The summed E-state index contributed by atoms with van der Waals surface area (Å²) in [6.07, 6.45) is 3.50. The Kier molecular flexibility index (Phi) is 3.79. The lowest BCUT2D eigenvalue weighted by atomic mass is 10.3. The summed E-state index contributed by atoms with van der Waals surface area (Å²) < 4.78 is 4.96. The maximum Gasteiger partial charge on any atom is 0.213 e. The third-order valence-corrected chi connectivity index (χ3v) is 1.71. The predicted octanol–water partition coefficient (Wildman–Crippen LogP) is 2.02. The van der Waals surface area contributed by atoms with Gasteiger partial charge in [-0.15, -0.1) is 4.91 Å². The summed E-state index contributed by atoms with van der Waals surface area (Å²) >= 11 is 0. The summed E-state index contributed by atoms with van der Waals surface area (Å²) in [6.45, 7) is 0. The topological polar surface area (TPSA) is 54.8 Å². The molecule has 1 aromatic rings. The minimum absolute atomic E-state index is 0.300. The highest BCUT2D eigenvalue weighted by atomic mass is 16.5. The SMILES string of the molecule is COc1ccc(N=O)c(C=CN(C)C)n1. The fraction of sp³-hybridized carbons (Fsp3) is 0.300. The van der Waals surface area contributed by atoms with Crippen molar-refractivity contribution < 1.29 is 4.74 Å². The number of methoxy groups -OCH3 is 1. The molecule has 0 N–H and O–H groups in total. The monoisotopic (exact) mass is 207 g/mol. The number of rotatable bonds is 4. The van der Waals surface area contributed by atoms with Crippen LogP contribution in [-0.4, -0.2) is 31.1 Å². The Balaban J connectivity index is 3.06. The van der Waals surface area contributed by atoms with Crippen LogP contribution in [-0.2, 0) is 0 Å². The largest absolute Gasteiger partial charge is 0.481 e. The van der Waals surface area contributed by atoms with Crippen LogP contribution >= 0.6 is 0 Å². The number of nitrogens with zero attached hydrogens (tertiary/aromatic N) is 3. The molecule has 0 aliphatic carbocycles. The summed E-state index contributed by atoms with van der Waals surface area (Å²) in [6, 6.07) is 3.18. The van der Waals surface area contributed by atoms with Crippen molar-refractivity contribution in [3.8, 4) is 5.88 Å². The standard InChI is InChI=1S/C10H13N3O2/c1-13(2)7-6-8-9(12-14)4-5-10(11-8)15-3/h4-7H,1-3H3. The van der Waals surface area contributed by atoms with Gasteiger partial charge in [0.15, 0.2) is 0 Å². The molecule has 0 unspecified atom stereocenters. The van der Waals surface area contributed by atoms with Gasteiger partial charge in [0.25, 0.3) is 0 Å². The molecule has 1 rings (SSSR count). The van der Waals surface area contributed by atoms with Crippen LogP contribution < -0.4 is 4.74 Å². The Labute approximate surface area is 88.4 Å². The number of aromatic nitrogens is 1. The van der Waals surface area contributed by atoms with Gasteiger partial charge in [-0.3, -0.25) is 0 Å². The molecule has 0 aliphatic heterocycles. The van der Waals surface area contributed by atoms with Crippen molar-refractivity contribution in [2.24, 2.45) is 5.18 Å². The van der Waals surface area contributed by atoms with Gasteiger partial charge in [-0.2, -0.15) is 0 Å². The summed E-state index contributed by atoms with van der Waals surface area (Å²) in [5, 5.41) is 2.89. The van der Waals surface area contributed by atoms with Crippen LogP contribution in [0, 0.1) is 4.91 Å². The van der Waals surface area contributed by atoms with Crippen molar-refractivity contribution in [2.75, 3.05) is 21.2 Å². The van der Waals surface area contributed by atoms with Gasteiger partial charge in [0.1, 0.15) is 5.69 Å². The first-order chi connectivity index (χ1) is 7.17. The molecule has 0 amide bonds. The lowest BCUT2D eigenvalue weighted by Gasteiger charge is -2.04. The van der Waals surface area contributed by atoms with Crippen molar-refractivity contribution in [3.05, 3.63) is 28.9 Å². The second-order valence-corrected chi connectivity index (χ2v) is 3.13. The Bertz CT molecular complexity index is 375. The van der Waals surface area contributed by atoms with Gasteiger partial charge in [0.05, 0.1) is 12.8 Å². The van der Waals surface area contributed by atoms with Crippen molar-refractivity contribution in [3.63, 3.8) is 0 Å². The molecule has 0 spiro atoms. The van der Waals surface area contributed by atoms with Gasteiger partial charge < -0.3 is 9.64 Å². The van der Waals surface area contributed by atoms with E-state index in [1.165, 1.54) is 7.11 Å². The summed E-state index contributed by atoms with van der Waals surface area (Å²) in [7, 11) is 5.28. The van der Waals surface area contributed by atoms with E-state index in [2.05, 4.69) is 10.2 Å². The van der Waals surface area contributed by atoms with Crippen LogP contribution in [0.25, 0.3) is 6.08 Å². The van der Waals surface area contributed by atoms with Crippen LogP contribution in [0.2, 0.25) is 0 Å². The molecule has 1 aromatic heterocycles. The van der Waals surface area contributed by atoms with Gasteiger partial charge in [-0.1, -0.05) is 0 Å². The maximum absolute atomic E-state index is 10.5. The average molecular weight is 207 g/mol. The highest BCUT2D eigenvalue weighted by Crippen LogP contribution is 2.21. The lowest BCUT2D eigenvalue weighted by molar-refractivity contribution is 0.397. The van der Waals surface area contributed by atoms with E-state index >= 15 is 0 Å². The fourth-order valence-electron chi connectivity index (χ4n) is 0.982. The number of ether oxygens (including phenoxy) is 1. The van der Waals surface area contributed by atoms with E-state index in [9.17, 15) is 4.91 Å². The van der Waals surface area contributed by atoms with E-state index in [1.54, 1.807) is 24.4 Å². The Morgan fingerprint density at radius 1 is 1.47 bits per heavy atom. The number of nitroso groups, excluding NO2 is 1. The van der Waals surface area contributed by atoms with Crippen LogP contribution in [0.1, 0.15) is 5.69 Å². The van der Waals surface area contributed by atoms with Gasteiger partial charge in [-0.05, 0) is 17.3 Å². The number of hydrogen-bond donors (Lipinski definition) is 0. The molecule has 0 saturated carbocycles. The van der Waals surface area contributed by atoms with Crippen LogP contribution in [0.4, 0.5) is 5.69 Å². The molecular weight excluding hydrogens is 194 g/mol. The summed E-state index contributed by atoms with van der Waals surface area (Å²) in [5.41, 5.74) is 0.798. The minimum Gasteiger partial charge on any atom is -0.481 e. The first-order valence-electron chi connectivity index (χ1n) is 4.40. The second kappa shape index (κ2) is 5.09. The quantitative estimate of drug-likeness (QED) is 0.709. The Morgan fingerprint density at radius 3 is 2.73 bits per heavy atom. The van der Waals surface area contributed by atoms with Gasteiger partial charge >= 0.3 is 0 Å². The van der Waals surface area contributed by atoms with Gasteiger partial charge in [-0.25, -0.2) is 4.98 Å². The molecule has 5 nitrogen and oxygen atoms in total. The smallest absolute Gasteiger partial charge is 0.213 e. The summed E-state index contributed by atoms with van der Waals surface area (Å²) in [4.78, 5) is 16.4. The molecule has 5 heteroatoms. The molecule has 80 valence electrons. The molecule has 0 radical (unpaired) electrons. The zero-order valence-electron chi connectivity index (χ0n) is 8.97. The van der Waals surface area contributed by atoms with Crippen molar-refractivity contribution in [1.82, 2.24) is 9.88 Å². The van der Waals surface area contributed by atoms with E-state index < -0.39 is 0 Å². The zero-order valence-corrected chi connectivity index (χ0v) is 8.97. The van der Waals surface area contributed by atoms with E-state index in [1.807, 2.05) is 19.0 Å². The third-order valence-electron chi connectivity index (χ3n) is 1.71. The zero-order chi connectivity index (χ0) is 11.3. The first kappa shape index (κ1) is 11.2. The molecule has 0 bridgehead atoms. The number of hydrogen-bond acceptors (Lipinski definition) is 5. The van der Waals surface area contributed by atoms with Crippen LogP contribution in [0.3, 0.4) is 0 Å². The van der Waals surface area contributed by atoms with Crippen molar-refractivity contribution in [2.45, 2.75) is 0 Å². The van der Waals surface area contributed by atoms with E-state index in [4.69, 9.17) is 4.74 Å².